The van der Waals surface area contributed by atoms with Crippen molar-refractivity contribution in [3.8, 4) is 17.2 Å². The lowest BCUT2D eigenvalue weighted by molar-refractivity contribution is -0.128. The number of ether oxygens (including phenoxy) is 4. The molecule has 2 atom stereocenters. The Bertz CT molecular complexity index is 1450. The molecule has 3 aromatic carbocycles. The predicted molar refractivity (Wildman–Crippen MR) is 158 cm³/mol. The largest absolute Gasteiger partial charge is 0.494 e. The summed E-state index contributed by atoms with van der Waals surface area (Å²) in [5.41, 5.74) is 10.8. The summed E-state index contributed by atoms with van der Waals surface area (Å²) < 4.78 is 22.6. The van der Waals surface area contributed by atoms with Gasteiger partial charge in [-0.25, -0.2) is 4.99 Å². The first-order valence-electron chi connectivity index (χ1n) is 13.6. The maximum absolute atomic E-state index is 14.1. The van der Waals surface area contributed by atoms with Gasteiger partial charge in [0.05, 0.1) is 27.4 Å². The molecular weight excluding hydrogens is 538 g/mol. The van der Waals surface area contributed by atoms with Gasteiger partial charge in [-0.2, -0.15) is 0 Å². The fourth-order valence-electron chi connectivity index (χ4n) is 4.75. The van der Waals surface area contributed by atoms with Crippen molar-refractivity contribution in [1.29, 1.82) is 0 Å². The van der Waals surface area contributed by atoms with Crippen molar-refractivity contribution in [2.45, 2.75) is 44.5 Å². The number of aliphatic imine (C=N–C) groups is 1. The molecule has 0 radical (unpaired) electrons. The van der Waals surface area contributed by atoms with Crippen LogP contribution in [-0.2, 0) is 29.0 Å². The second-order valence-electron chi connectivity index (χ2n) is 9.76. The van der Waals surface area contributed by atoms with Crippen LogP contribution in [0.25, 0.3) is 10.4 Å². The normalized spacial score (nSPS) is 17.4. The number of carbonyl (C=O) groups is 1. The van der Waals surface area contributed by atoms with Crippen molar-refractivity contribution >= 4 is 11.8 Å². The molecule has 42 heavy (non-hydrogen) atoms. The van der Waals surface area contributed by atoms with Gasteiger partial charge in [-0.3, -0.25) is 4.79 Å². The van der Waals surface area contributed by atoms with Gasteiger partial charge in [-0.15, -0.1) is 0 Å². The third kappa shape index (κ3) is 6.94. The summed E-state index contributed by atoms with van der Waals surface area (Å²) in [7, 11) is 3.13. The highest BCUT2D eigenvalue weighted by molar-refractivity contribution is 6.01. The van der Waals surface area contributed by atoms with Crippen LogP contribution in [0.3, 0.4) is 0 Å². The number of nitrogens with one attached hydrogen (secondary N) is 1. The Morgan fingerprint density at radius 3 is 2.52 bits per heavy atom. The molecule has 1 heterocycles. The molecule has 0 unspecified atom stereocenters. The molecule has 1 aliphatic rings. The predicted octanol–water partition coefficient (Wildman–Crippen LogP) is 4.74. The first-order chi connectivity index (χ1) is 20.4. The zero-order chi connectivity index (χ0) is 30.0. The van der Waals surface area contributed by atoms with Crippen LogP contribution in [0, 0.1) is 0 Å². The number of nitrogens with zero attached hydrogens (tertiary/aromatic N) is 4. The third-order valence-electron chi connectivity index (χ3n) is 7.11. The number of azide groups is 1. The van der Waals surface area contributed by atoms with Crippen LogP contribution < -0.4 is 19.5 Å². The van der Waals surface area contributed by atoms with Gasteiger partial charge in [0, 0.05) is 36.5 Å². The third-order valence-corrected chi connectivity index (χ3v) is 7.11. The van der Waals surface area contributed by atoms with E-state index in [1.165, 1.54) is 0 Å². The zero-order valence-corrected chi connectivity index (χ0v) is 23.9. The van der Waals surface area contributed by atoms with Crippen LogP contribution in [0.1, 0.15) is 35.6 Å². The topological polar surface area (TPSA) is 147 Å². The minimum absolute atomic E-state index is 0.0583. The van der Waals surface area contributed by atoms with E-state index >= 15 is 0 Å². The van der Waals surface area contributed by atoms with Crippen molar-refractivity contribution in [2.75, 3.05) is 27.4 Å². The summed E-state index contributed by atoms with van der Waals surface area (Å²) >= 11 is 0. The van der Waals surface area contributed by atoms with E-state index in [4.69, 9.17) is 34.6 Å². The maximum atomic E-state index is 14.1. The molecule has 0 saturated carbocycles. The van der Waals surface area contributed by atoms with Crippen LogP contribution in [0.5, 0.6) is 17.2 Å². The summed E-state index contributed by atoms with van der Waals surface area (Å²) in [6, 6.07) is 20.2. The molecule has 3 aromatic rings. The molecule has 0 spiro atoms. The van der Waals surface area contributed by atoms with Crippen molar-refractivity contribution in [1.82, 2.24) is 5.32 Å². The molecule has 0 fully saturated rings. The first kappa shape index (κ1) is 30.2. The molecule has 11 heteroatoms. The Morgan fingerprint density at radius 2 is 1.83 bits per heavy atom. The van der Waals surface area contributed by atoms with Gasteiger partial charge >= 0.3 is 0 Å². The van der Waals surface area contributed by atoms with E-state index < -0.39 is 11.6 Å². The number of amides is 1. The molecular formula is C31H35N5O6. The van der Waals surface area contributed by atoms with Gasteiger partial charge in [-0.05, 0) is 65.5 Å². The summed E-state index contributed by atoms with van der Waals surface area (Å²) in [6.07, 6.45) is 0.164. The summed E-state index contributed by atoms with van der Waals surface area (Å²) in [5.74, 6) is 1.86. The average molecular weight is 574 g/mol. The molecule has 220 valence electrons. The van der Waals surface area contributed by atoms with Crippen LogP contribution >= 0.6 is 0 Å². The van der Waals surface area contributed by atoms with Gasteiger partial charge in [0.25, 0.3) is 5.91 Å². The van der Waals surface area contributed by atoms with E-state index in [-0.39, 0.29) is 32.0 Å². The SMILES string of the molecule is COc1ccc(CNC(=O)[C@]2(Cc3ccccc3CN=[N+]=[N-])N=C(c3ccc(OCCCO)cc3)O[C@@H]2C)cc1OC. The monoisotopic (exact) mass is 573 g/mol. The number of carbonyl (C=O) groups excluding carboxylic acids is 1. The molecule has 0 aliphatic carbocycles. The lowest BCUT2D eigenvalue weighted by atomic mass is 9.84. The molecule has 0 saturated heterocycles. The quantitative estimate of drug-likeness (QED) is 0.123. The average Bonchev–Trinajstić information content (AvgIpc) is 3.36. The Kier molecular flexibility index (Phi) is 10.3. The molecule has 4 rings (SSSR count). The zero-order valence-electron chi connectivity index (χ0n) is 23.9. The second kappa shape index (κ2) is 14.2. The number of aliphatic hydroxyl groups excluding tert-OH is 1. The van der Waals surface area contributed by atoms with E-state index in [9.17, 15) is 4.79 Å². The van der Waals surface area contributed by atoms with Crippen LogP contribution in [0.4, 0.5) is 0 Å². The lowest BCUT2D eigenvalue weighted by Gasteiger charge is -2.29. The molecule has 0 aromatic heterocycles. The highest BCUT2D eigenvalue weighted by Crippen LogP contribution is 2.34. The van der Waals surface area contributed by atoms with Gasteiger partial charge in [0.2, 0.25) is 5.90 Å². The van der Waals surface area contributed by atoms with E-state index in [1.54, 1.807) is 32.4 Å². The van der Waals surface area contributed by atoms with Crippen molar-refractivity contribution in [2.24, 2.45) is 10.1 Å². The molecule has 0 bridgehead atoms. The Balaban J connectivity index is 1.65. The van der Waals surface area contributed by atoms with E-state index in [0.29, 0.717) is 41.7 Å². The highest BCUT2D eigenvalue weighted by Gasteiger charge is 2.50. The smallest absolute Gasteiger partial charge is 0.252 e. The molecule has 1 aliphatic heterocycles. The Morgan fingerprint density at radius 1 is 1.10 bits per heavy atom. The minimum atomic E-state index is -1.30. The lowest BCUT2D eigenvalue weighted by Crippen LogP contribution is -2.52. The molecule has 11 nitrogen and oxygen atoms in total. The number of benzene rings is 3. The molecule has 2 N–H and O–H groups in total. The molecule has 1 amide bonds. The van der Waals surface area contributed by atoms with Gasteiger partial charge < -0.3 is 29.4 Å². The van der Waals surface area contributed by atoms with E-state index in [1.807, 2.05) is 55.5 Å². The van der Waals surface area contributed by atoms with Crippen molar-refractivity contribution < 1.29 is 28.8 Å². The fourth-order valence-corrected chi connectivity index (χ4v) is 4.75. The van der Waals surface area contributed by atoms with E-state index in [2.05, 4.69) is 15.3 Å². The maximum Gasteiger partial charge on any atom is 0.252 e. The summed E-state index contributed by atoms with van der Waals surface area (Å²) in [4.78, 5) is 21.9. The first-order valence-corrected chi connectivity index (χ1v) is 13.6. The minimum Gasteiger partial charge on any atom is -0.494 e. The van der Waals surface area contributed by atoms with Crippen molar-refractivity contribution in [3.63, 3.8) is 0 Å². The van der Waals surface area contributed by atoms with Gasteiger partial charge in [0.1, 0.15) is 11.9 Å². The van der Waals surface area contributed by atoms with Crippen LogP contribution in [-0.4, -0.2) is 56.0 Å². The van der Waals surface area contributed by atoms with Crippen LogP contribution in [0.2, 0.25) is 0 Å². The van der Waals surface area contributed by atoms with Gasteiger partial charge in [-0.1, -0.05) is 35.4 Å². The second-order valence-corrected chi connectivity index (χ2v) is 9.76. The Hall–Kier alpha value is -4.73. The standard InChI is InChI=1S/C31H35N5O6/c1-21-31(18-24-7-4-5-8-25(24)20-34-36-32,30(38)33-19-22-9-14-27(39-2)28(17-22)40-3)35-29(42-21)23-10-12-26(13-11-23)41-16-6-15-37/h4-5,7-14,17,21,37H,6,15-16,18-20H2,1-3H3,(H,33,38)/t21-,31-/m1/s1. The van der Waals surface area contributed by atoms with Crippen LogP contribution in [0.15, 0.2) is 76.8 Å². The Labute approximate surface area is 244 Å². The van der Waals surface area contributed by atoms with Crippen molar-refractivity contribution in [3.05, 3.63) is 99.4 Å². The van der Waals surface area contributed by atoms with Gasteiger partial charge in [0.15, 0.2) is 17.0 Å². The number of aliphatic hydroxyl groups is 1. The summed E-state index contributed by atoms with van der Waals surface area (Å²) in [6.45, 7) is 2.68. The summed E-state index contributed by atoms with van der Waals surface area (Å²) in [5, 5.41) is 15.8. The fraction of sp³-hybridized carbons (Fsp3) is 0.355. The number of hydrogen-bond donors (Lipinski definition) is 2. The number of hydrogen-bond acceptors (Lipinski definition) is 8. The number of methoxy groups -OCH3 is 2. The number of rotatable bonds is 14. The highest BCUT2D eigenvalue weighted by atomic mass is 16.5. The van der Waals surface area contributed by atoms with E-state index in [0.717, 1.165) is 16.7 Å².